The van der Waals surface area contributed by atoms with E-state index in [1.54, 1.807) is 6.07 Å². The molecule has 3 aromatic heterocycles. The van der Waals surface area contributed by atoms with Gasteiger partial charge in [-0.1, -0.05) is 91.7 Å². The number of furan rings is 1. The van der Waals surface area contributed by atoms with Crippen molar-refractivity contribution in [3.05, 3.63) is 127 Å². The van der Waals surface area contributed by atoms with Crippen LogP contribution in [-0.4, -0.2) is 26.1 Å². The van der Waals surface area contributed by atoms with Crippen molar-refractivity contribution in [2.24, 2.45) is 0 Å². The van der Waals surface area contributed by atoms with Gasteiger partial charge in [0.05, 0.1) is 13.7 Å². The van der Waals surface area contributed by atoms with Gasteiger partial charge in [-0.05, 0) is 63.1 Å². The summed E-state index contributed by atoms with van der Waals surface area (Å²) in [5.41, 5.74) is 7.71. The van der Waals surface area contributed by atoms with E-state index in [-0.39, 0.29) is 25.7 Å². The van der Waals surface area contributed by atoms with Gasteiger partial charge in [0.15, 0.2) is 0 Å². The maximum absolute atomic E-state index is 7.73. The number of aromatic nitrogens is 2. The fraction of sp³-hybridized carbons (Fsp3) is 0.150. The third-order valence-electron chi connectivity index (χ3n) is 8.77. The van der Waals surface area contributed by atoms with Crippen molar-refractivity contribution in [1.82, 2.24) is 9.97 Å². The Bertz CT molecular complexity index is 2290. The molecule has 0 amide bonds. The van der Waals surface area contributed by atoms with Crippen molar-refractivity contribution >= 4 is 53.6 Å². The minimum atomic E-state index is -2.19. The molecule has 6 heteroatoms. The van der Waals surface area contributed by atoms with Crippen LogP contribution in [0.15, 0.2) is 114 Å². The molecule has 231 valence electrons. The molecular weight excluding hydrogens is 773 g/mol. The summed E-state index contributed by atoms with van der Waals surface area (Å²) in [5.74, 6) is 0. The normalized spacial score (nSPS) is 14.2. The summed E-state index contributed by atoms with van der Waals surface area (Å²) in [6.07, 6.45) is 3.55. The van der Waals surface area contributed by atoms with E-state index in [4.69, 9.17) is 8.53 Å². The number of pyridine rings is 2. The van der Waals surface area contributed by atoms with E-state index in [9.17, 15) is 0 Å². The summed E-state index contributed by atoms with van der Waals surface area (Å²) in [7, 11) is -3.03. The maximum atomic E-state index is 7.73. The third-order valence-corrected chi connectivity index (χ3v) is 14.3. The number of nitrogens with zero attached hydrogens (tertiary/aromatic N) is 2. The van der Waals surface area contributed by atoms with Gasteiger partial charge in [-0.3, -0.25) is 0 Å². The zero-order valence-electron chi connectivity index (χ0n) is 29.5. The van der Waals surface area contributed by atoms with Gasteiger partial charge in [-0.15, -0.1) is 54.1 Å². The minimum absolute atomic E-state index is 0. The molecular formula is C40H36IrN2OSi2-2. The van der Waals surface area contributed by atoms with E-state index in [0.29, 0.717) is 16.8 Å². The van der Waals surface area contributed by atoms with Gasteiger partial charge in [-0.2, -0.15) is 0 Å². The van der Waals surface area contributed by atoms with E-state index in [2.05, 4.69) is 103 Å². The standard InChI is InChI=1S/C26H20NOSi.C14H16NSi.Ir/c1-16-11-12-27-22(13-16)19-9-6-8-18-20-14-21-17-7-4-5-10-24(17)29(2,3)25(21)15-23(20)28-26(18)19;1-16(2,3)13-9-10-14(15-11-13)12-7-5-4-6-8-12;/h4-8,10-15H,1-3H3;4-7,9-11H,1-3H3;/q2*-1;/i1D3;;. The van der Waals surface area contributed by atoms with Crippen LogP contribution in [-0.2, 0) is 20.1 Å². The molecule has 1 radical (unpaired) electrons. The second kappa shape index (κ2) is 12.3. The first-order valence-corrected chi connectivity index (χ1v) is 21.7. The molecule has 0 bridgehead atoms. The van der Waals surface area contributed by atoms with Gasteiger partial charge >= 0.3 is 0 Å². The van der Waals surface area contributed by atoms with Gasteiger partial charge in [-0.25, -0.2) is 0 Å². The third kappa shape index (κ3) is 5.76. The van der Waals surface area contributed by atoms with Gasteiger partial charge < -0.3 is 14.4 Å². The van der Waals surface area contributed by atoms with E-state index < -0.39 is 23.0 Å². The van der Waals surface area contributed by atoms with Crippen LogP contribution in [0.25, 0.3) is 55.6 Å². The molecule has 0 fully saturated rings. The van der Waals surface area contributed by atoms with Crippen LogP contribution in [0.1, 0.15) is 9.68 Å². The molecule has 7 aromatic rings. The molecule has 0 N–H and O–H groups in total. The van der Waals surface area contributed by atoms with Crippen LogP contribution in [0.2, 0.25) is 32.7 Å². The van der Waals surface area contributed by atoms with Crippen LogP contribution < -0.4 is 15.6 Å². The predicted molar refractivity (Wildman–Crippen MR) is 194 cm³/mol. The molecule has 0 atom stereocenters. The zero-order valence-corrected chi connectivity index (χ0v) is 30.9. The number of fused-ring (bicyclic) bond motifs is 6. The van der Waals surface area contributed by atoms with Crippen LogP contribution in [0, 0.1) is 19.0 Å². The van der Waals surface area contributed by atoms with Crippen molar-refractivity contribution in [2.75, 3.05) is 0 Å². The van der Waals surface area contributed by atoms with E-state index >= 15 is 0 Å². The Hall–Kier alpha value is -3.94. The maximum Gasteiger partial charge on any atom is 0.120 e. The Morgan fingerprint density at radius 3 is 2.33 bits per heavy atom. The molecule has 0 aliphatic carbocycles. The predicted octanol–water partition coefficient (Wildman–Crippen LogP) is 8.65. The fourth-order valence-corrected chi connectivity index (χ4v) is 10.3. The molecule has 0 unspecified atom stereocenters. The molecule has 8 rings (SSSR count). The average molecular weight is 812 g/mol. The number of aryl methyl sites for hydroxylation is 1. The van der Waals surface area contributed by atoms with Crippen molar-refractivity contribution in [1.29, 1.82) is 0 Å². The Morgan fingerprint density at radius 2 is 1.59 bits per heavy atom. The Morgan fingerprint density at radius 1 is 0.761 bits per heavy atom. The van der Waals surface area contributed by atoms with Crippen LogP contribution in [0.3, 0.4) is 0 Å². The van der Waals surface area contributed by atoms with Gasteiger partial charge in [0.2, 0.25) is 0 Å². The summed E-state index contributed by atoms with van der Waals surface area (Å²) in [6, 6.07) is 38.8. The molecule has 0 saturated heterocycles. The van der Waals surface area contributed by atoms with E-state index in [1.165, 1.54) is 39.0 Å². The summed E-state index contributed by atoms with van der Waals surface area (Å²) in [6.45, 7) is 9.57. The smallest absolute Gasteiger partial charge is 0.120 e. The average Bonchev–Trinajstić information content (AvgIpc) is 3.55. The minimum Gasteiger partial charge on any atom is -0.501 e. The Balaban J connectivity index is 0.000000208. The Kier molecular flexibility index (Phi) is 7.60. The van der Waals surface area contributed by atoms with Crippen LogP contribution in [0.5, 0.6) is 0 Å². The molecule has 1 aliphatic rings. The van der Waals surface area contributed by atoms with Crippen LogP contribution >= 0.6 is 0 Å². The molecule has 46 heavy (non-hydrogen) atoms. The quantitative estimate of drug-likeness (QED) is 0.133. The molecule has 4 aromatic carbocycles. The summed E-state index contributed by atoms with van der Waals surface area (Å²) >= 11 is 0. The molecule has 0 saturated carbocycles. The first kappa shape index (κ1) is 28.3. The van der Waals surface area contributed by atoms with Crippen molar-refractivity contribution in [2.45, 2.75) is 39.6 Å². The van der Waals surface area contributed by atoms with E-state index in [0.717, 1.165) is 27.6 Å². The number of hydrogen-bond acceptors (Lipinski definition) is 3. The number of rotatable bonds is 3. The second-order valence-electron chi connectivity index (χ2n) is 13.2. The molecule has 0 spiro atoms. The summed E-state index contributed by atoms with van der Waals surface area (Å²) < 4.78 is 29.6. The summed E-state index contributed by atoms with van der Waals surface area (Å²) in [5, 5.41) is 6.29. The van der Waals surface area contributed by atoms with Gasteiger partial charge in [0.25, 0.3) is 0 Å². The first-order valence-electron chi connectivity index (χ1n) is 16.7. The van der Waals surface area contributed by atoms with Gasteiger partial charge in [0.1, 0.15) is 13.7 Å². The van der Waals surface area contributed by atoms with Crippen molar-refractivity contribution in [3.8, 4) is 33.6 Å². The molecule has 3 nitrogen and oxygen atoms in total. The SMILES string of the molecule is C[Si](C)(C)c1ccc(-c2[c-]cccc2)nc1.[2H]C([2H])([2H])c1ccnc(-c2[c-]ccc3c2oc2cc4c(cc23)-c2ccccc2[Si]4(C)C)c1.[Ir]. The number of benzene rings is 4. The van der Waals surface area contributed by atoms with Gasteiger partial charge in [0, 0.05) is 42.0 Å². The largest absolute Gasteiger partial charge is 0.501 e. The topological polar surface area (TPSA) is 38.9 Å². The fourth-order valence-electron chi connectivity index (χ4n) is 6.24. The van der Waals surface area contributed by atoms with Crippen molar-refractivity contribution in [3.63, 3.8) is 0 Å². The first-order chi connectivity index (χ1) is 22.8. The second-order valence-corrected chi connectivity index (χ2v) is 22.6. The van der Waals surface area contributed by atoms with Crippen LogP contribution in [0.4, 0.5) is 0 Å². The molecule has 4 heterocycles. The zero-order chi connectivity index (χ0) is 33.8. The molecule has 1 aliphatic heterocycles. The summed E-state index contributed by atoms with van der Waals surface area (Å²) in [4.78, 5) is 8.94. The van der Waals surface area contributed by atoms with E-state index in [1.807, 2.05) is 42.6 Å². The van der Waals surface area contributed by atoms with Crippen molar-refractivity contribution < 1.29 is 28.6 Å². The Labute approximate surface area is 291 Å². The monoisotopic (exact) mass is 812 g/mol. The number of hydrogen-bond donors (Lipinski definition) is 0.